The van der Waals surface area contributed by atoms with Crippen molar-refractivity contribution in [3.05, 3.63) is 64.7 Å². The molecule has 1 fully saturated rings. The highest BCUT2D eigenvalue weighted by atomic mass is 35.5. The fraction of sp³-hybridized carbons (Fsp3) is 0.250. The summed E-state index contributed by atoms with van der Waals surface area (Å²) in [5, 5.41) is 3.36. The predicted molar refractivity (Wildman–Crippen MR) is 106 cm³/mol. The third-order valence-corrected chi connectivity index (χ3v) is 4.94. The van der Waals surface area contributed by atoms with Gasteiger partial charge in [0.25, 0.3) is 11.8 Å². The number of rotatable bonds is 3. The standard InChI is InChI=1S/C20H19ClN4O3/c1-13-5-6-14(21)12-15(13)22-19(26)18-23-17(16-4-2-3-7-25(16)18)20(27)24-8-10-28-11-9-24/h2-7,12H,8-11H2,1H3,(H,22,26). The number of aryl methyl sites for hydroxylation is 1. The Morgan fingerprint density at radius 2 is 1.96 bits per heavy atom. The Kier molecular flexibility index (Phi) is 5.02. The summed E-state index contributed by atoms with van der Waals surface area (Å²) in [5.41, 5.74) is 2.33. The summed E-state index contributed by atoms with van der Waals surface area (Å²) < 4.78 is 6.94. The van der Waals surface area contributed by atoms with E-state index in [-0.39, 0.29) is 17.4 Å². The van der Waals surface area contributed by atoms with Crippen molar-refractivity contribution in [3.8, 4) is 0 Å². The molecule has 0 aliphatic carbocycles. The quantitative estimate of drug-likeness (QED) is 0.735. The normalized spacial score (nSPS) is 14.3. The molecule has 28 heavy (non-hydrogen) atoms. The van der Waals surface area contributed by atoms with Crippen LogP contribution in [-0.4, -0.2) is 52.4 Å². The molecular weight excluding hydrogens is 380 g/mol. The number of benzene rings is 1. The third kappa shape index (κ3) is 3.46. The van der Waals surface area contributed by atoms with Crippen LogP contribution >= 0.6 is 11.6 Å². The molecule has 3 heterocycles. The van der Waals surface area contributed by atoms with E-state index < -0.39 is 5.91 Å². The van der Waals surface area contributed by atoms with Gasteiger partial charge in [-0.2, -0.15) is 0 Å². The van der Waals surface area contributed by atoms with E-state index in [9.17, 15) is 9.59 Å². The van der Waals surface area contributed by atoms with Gasteiger partial charge in [0.05, 0.1) is 18.7 Å². The molecular formula is C20H19ClN4O3. The van der Waals surface area contributed by atoms with Crippen LogP contribution in [0.4, 0.5) is 5.69 Å². The van der Waals surface area contributed by atoms with Crippen molar-refractivity contribution in [3.63, 3.8) is 0 Å². The molecule has 144 valence electrons. The predicted octanol–water partition coefficient (Wildman–Crippen LogP) is 3.02. The summed E-state index contributed by atoms with van der Waals surface area (Å²) in [6, 6.07) is 10.7. The number of pyridine rings is 1. The second-order valence-electron chi connectivity index (χ2n) is 6.56. The molecule has 2 amide bonds. The molecule has 1 N–H and O–H groups in total. The van der Waals surface area contributed by atoms with Gasteiger partial charge in [0, 0.05) is 30.0 Å². The molecule has 8 heteroatoms. The number of nitrogens with zero attached hydrogens (tertiary/aromatic N) is 3. The van der Waals surface area contributed by atoms with Crippen LogP contribution in [0.5, 0.6) is 0 Å². The number of nitrogens with one attached hydrogen (secondary N) is 1. The molecule has 1 aliphatic rings. The fourth-order valence-corrected chi connectivity index (χ4v) is 3.35. The van der Waals surface area contributed by atoms with E-state index in [1.54, 1.807) is 39.8 Å². The first kappa shape index (κ1) is 18.5. The lowest BCUT2D eigenvalue weighted by molar-refractivity contribution is 0.0300. The van der Waals surface area contributed by atoms with Crippen LogP contribution in [0.1, 0.15) is 26.7 Å². The van der Waals surface area contributed by atoms with Gasteiger partial charge in [0.15, 0.2) is 5.69 Å². The number of hydrogen-bond acceptors (Lipinski definition) is 4. The van der Waals surface area contributed by atoms with Gasteiger partial charge in [-0.3, -0.25) is 14.0 Å². The minimum atomic E-state index is -0.410. The van der Waals surface area contributed by atoms with Crippen LogP contribution in [0.15, 0.2) is 42.6 Å². The summed E-state index contributed by atoms with van der Waals surface area (Å²) in [5.74, 6) is -0.468. The van der Waals surface area contributed by atoms with E-state index in [2.05, 4.69) is 10.3 Å². The van der Waals surface area contributed by atoms with Crippen LogP contribution in [-0.2, 0) is 4.74 Å². The molecule has 7 nitrogen and oxygen atoms in total. The van der Waals surface area contributed by atoms with Crippen LogP contribution in [0.2, 0.25) is 5.02 Å². The Morgan fingerprint density at radius 3 is 2.75 bits per heavy atom. The summed E-state index contributed by atoms with van der Waals surface area (Å²) in [6.07, 6.45) is 1.72. The maximum Gasteiger partial charge on any atom is 0.292 e. The molecule has 1 aromatic carbocycles. The second-order valence-corrected chi connectivity index (χ2v) is 6.99. The zero-order valence-corrected chi connectivity index (χ0v) is 16.1. The highest BCUT2D eigenvalue weighted by Gasteiger charge is 2.26. The Labute approximate surface area is 166 Å². The number of ether oxygens (including phenoxy) is 1. The van der Waals surface area contributed by atoms with Crippen molar-refractivity contribution in [1.29, 1.82) is 0 Å². The van der Waals surface area contributed by atoms with Crippen molar-refractivity contribution in [1.82, 2.24) is 14.3 Å². The van der Waals surface area contributed by atoms with Crippen molar-refractivity contribution in [2.24, 2.45) is 0 Å². The largest absolute Gasteiger partial charge is 0.378 e. The molecule has 0 unspecified atom stereocenters. The second kappa shape index (κ2) is 7.61. The monoisotopic (exact) mass is 398 g/mol. The van der Waals surface area contributed by atoms with Crippen molar-refractivity contribution >= 4 is 34.6 Å². The van der Waals surface area contributed by atoms with Crippen LogP contribution in [0, 0.1) is 6.92 Å². The number of carbonyl (C=O) groups is 2. The van der Waals surface area contributed by atoms with E-state index in [0.29, 0.717) is 42.5 Å². The number of morpholine rings is 1. The maximum atomic E-state index is 13.0. The smallest absolute Gasteiger partial charge is 0.292 e. The number of anilines is 1. The van der Waals surface area contributed by atoms with Gasteiger partial charge < -0.3 is 15.0 Å². The van der Waals surface area contributed by atoms with Gasteiger partial charge in [0.1, 0.15) is 0 Å². The first-order valence-corrected chi connectivity index (χ1v) is 9.34. The lowest BCUT2D eigenvalue weighted by Crippen LogP contribution is -2.40. The molecule has 0 radical (unpaired) electrons. The molecule has 0 saturated carbocycles. The fourth-order valence-electron chi connectivity index (χ4n) is 3.18. The average Bonchev–Trinajstić information content (AvgIpc) is 3.11. The number of fused-ring (bicyclic) bond motifs is 1. The number of carbonyl (C=O) groups excluding carboxylic acids is 2. The molecule has 1 saturated heterocycles. The van der Waals surface area contributed by atoms with Crippen molar-refractivity contribution in [2.75, 3.05) is 31.6 Å². The topological polar surface area (TPSA) is 75.9 Å². The van der Waals surface area contributed by atoms with Gasteiger partial charge >= 0.3 is 0 Å². The summed E-state index contributed by atoms with van der Waals surface area (Å²) in [6.45, 7) is 3.89. The van der Waals surface area contributed by atoms with Gasteiger partial charge in [-0.15, -0.1) is 0 Å². The van der Waals surface area contributed by atoms with Crippen LogP contribution in [0.25, 0.3) is 5.52 Å². The van der Waals surface area contributed by atoms with Crippen molar-refractivity contribution < 1.29 is 14.3 Å². The van der Waals surface area contributed by atoms with Gasteiger partial charge in [-0.05, 0) is 36.8 Å². The zero-order valence-electron chi connectivity index (χ0n) is 15.3. The molecule has 1 aliphatic heterocycles. The molecule has 0 atom stereocenters. The van der Waals surface area contributed by atoms with Gasteiger partial charge in [-0.25, -0.2) is 4.98 Å². The number of hydrogen-bond donors (Lipinski definition) is 1. The Balaban J connectivity index is 1.70. The Hall–Kier alpha value is -2.90. The summed E-state index contributed by atoms with van der Waals surface area (Å²) >= 11 is 6.04. The average molecular weight is 399 g/mol. The number of imidazole rings is 1. The highest BCUT2D eigenvalue weighted by Crippen LogP contribution is 2.22. The molecule has 3 aromatic rings. The van der Waals surface area contributed by atoms with Gasteiger partial charge in [-0.1, -0.05) is 23.7 Å². The van der Waals surface area contributed by atoms with Crippen molar-refractivity contribution in [2.45, 2.75) is 6.92 Å². The Bertz CT molecular complexity index is 1060. The molecule has 2 aromatic heterocycles. The summed E-state index contributed by atoms with van der Waals surface area (Å²) in [7, 11) is 0. The highest BCUT2D eigenvalue weighted by molar-refractivity contribution is 6.31. The zero-order chi connectivity index (χ0) is 19.7. The lowest BCUT2D eigenvalue weighted by atomic mass is 10.2. The molecule has 0 spiro atoms. The molecule has 0 bridgehead atoms. The molecule has 4 rings (SSSR count). The van der Waals surface area contributed by atoms with E-state index in [1.165, 1.54) is 0 Å². The first-order valence-electron chi connectivity index (χ1n) is 8.96. The van der Waals surface area contributed by atoms with Crippen LogP contribution < -0.4 is 5.32 Å². The van der Waals surface area contributed by atoms with E-state index in [4.69, 9.17) is 16.3 Å². The lowest BCUT2D eigenvalue weighted by Gasteiger charge is -2.26. The van der Waals surface area contributed by atoms with E-state index in [1.807, 2.05) is 19.1 Å². The number of aromatic nitrogens is 2. The van der Waals surface area contributed by atoms with Gasteiger partial charge in [0.2, 0.25) is 5.82 Å². The van der Waals surface area contributed by atoms with E-state index in [0.717, 1.165) is 5.56 Å². The Morgan fingerprint density at radius 1 is 1.18 bits per heavy atom. The maximum absolute atomic E-state index is 13.0. The number of halogens is 1. The van der Waals surface area contributed by atoms with Crippen LogP contribution in [0.3, 0.4) is 0 Å². The first-order chi connectivity index (χ1) is 13.5. The van der Waals surface area contributed by atoms with E-state index >= 15 is 0 Å². The minimum absolute atomic E-state index is 0.145. The SMILES string of the molecule is Cc1ccc(Cl)cc1NC(=O)c1nc(C(=O)N2CCOCC2)c2ccccn12. The summed E-state index contributed by atoms with van der Waals surface area (Å²) in [4.78, 5) is 32.0. The third-order valence-electron chi connectivity index (χ3n) is 4.70. The number of amides is 2. The minimum Gasteiger partial charge on any atom is -0.378 e.